The minimum absolute atomic E-state index is 0.620. The Bertz CT molecular complexity index is 400. The summed E-state index contributed by atoms with van der Waals surface area (Å²) in [6.07, 6.45) is 2.61. The molecule has 0 saturated heterocycles. The second-order valence-corrected chi connectivity index (χ2v) is 4.10. The van der Waals surface area contributed by atoms with Gasteiger partial charge in [0.25, 0.3) is 0 Å². The highest BCUT2D eigenvalue weighted by Crippen LogP contribution is 2.19. The standard InChI is InChI=1S/C10H9ClN2S/c11-5-4-10-13-9(7-14-10)8-3-1-2-6-12-8/h1-3,6-7H,4-5H2. The number of nitrogens with zero attached hydrogens (tertiary/aromatic N) is 2. The maximum absolute atomic E-state index is 5.64. The highest BCUT2D eigenvalue weighted by atomic mass is 35.5. The van der Waals surface area contributed by atoms with Crippen molar-refractivity contribution in [3.8, 4) is 11.4 Å². The van der Waals surface area contributed by atoms with Gasteiger partial charge in [0.15, 0.2) is 0 Å². The van der Waals surface area contributed by atoms with Crippen LogP contribution < -0.4 is 0 Å². The van der Waals surface area contributed by atoms with Crippen LogP contribution in [0.15, 0.2) is 29.8 Å². The normalized spacial score (nSPS) is 10.4. The molecule has 0 amide bonds. The van der Waals surface area contributed by atoms with Crippen LogP contribution in [0.4, 0.5) is 0 Å². The lowest BCUT2D eigenvalue weighted by molar-refractivity contribution is 1.10. The van der Waals surface area contributed by atoms with Crippen LogP contribution in [-0.4, -0.2) is 15.8 Å². The first-order chi connectivity index (χ1) is 6.90. The number of pyridine rings is 1. The summed E-state index contributed by atoms with van der Waals surface area (Å²) in [6.45, 7) is 0. The average Bonchev–Trinajstić information content (AvgIpc) is 2.68. The van der Waals surface area contributed by atoms with E-state index >= 15 is 0 Å². The van der Waals surface area contributed by atoms with Crippen molar-refractivity contribution in [2.75, 3.05) is 5.88 Å². The van der Waals surface area contributed by atoms with Crippen molar-refractivity contribution in [3.63, 3.8) is 0 Å². The quantitative estimate of drug-likeness (QED) is 0.750. The first-order valence-electron chi connectivity index (χ1n) is 4.32. The zero-order valence-electron chi connectivity index (χ0n) is 7.48. The molecule has 2 heterocycles. The third-order valence-electron chi connectivity index (χ3n) is 1.79. The van der Waals surface area contributed by atoms with Crippen LogP contribution in [0.2, 0.25) is 0 Å². The second-order valence-electron chi connectivity index (χ2n) is 2.78. The summed E-state index contributed by atoms with van der Waals surface area (Å²) >= 11 is 7.28. The fraction of sp³-hybridized carbons (Fsp3) is 0.200. The number of hydrogen-bond acceptors (Lipinski definition) is 3. The van der Waals surface area contributed by atoms with Crippen molar-refractivity contribution in [3.05, 3.63) is 34.8 Å². The molecule has 2 rings (SSSR count). The molecule has 2 aromatic heterocycles. The smallest absolute Gasteiger partial charge is 0.0998 e. The predicted octanol–water partition coefficient (Wildman–Crippen LogP) is 2.99. The first-order valence-corrected chi connectivity index (χ1v) is 5.73. The maximum atomic E-state index is 5.64. The van der Waals surface area contributed by atoms with Gasteiger partial charge in [0, 0.05) is 23.9 Å². The molecular weight excluding hydrogens is 216 g/mol. The number of aromatic nitrogens is 2. The zero-order chi connectivity index (χ0) is 9.80. The molecule has 0 aliphatic carbocycles. The molecule has 0 aliphatic rings. The van der Waals surface area contributed by atoms with E-state index < -0.39 is 0 Å². The van der Waals surface area contributed by atoms with Crippen LogP contribution in [0.1, 0.15) is 5.01 Å². The molecule has 72 valence electrons. The summed E-state index contributed by atoms with van der Waals surface area (Å²) in [5, 5.41) is 3.09. The Morgan fingerprint density at radius 3 is 2.93 bits per heavy atom. The summed E-state index contributed by atoms with van der Waals surface area (Å²) in [7, 11) is 0. The van der Waals surface area contributed by atoms with Crippen LogP contribution in [0.25, 0.3) is 11.4 Å². The SMILES string of the molecule is ClCCc1nc(-c2ccccn2)cs1. The van der Waals surface area contributed by atoms with E-state index in [9.17, 15) is 0 Å². The van der Waals surface area contributed by atoms with Gasteiger partial charge >= 0.3 is 0 Å². The van der Waals surface area contributed by atoms with E-state index in [-0.39, 0.29) is 0 Å². The van der Waals surface area contributed by atoms with E-state index in [2.05, 4.69) is 9.97 Å². The van der Waals surface area contributed by atoms with E-state index in [0.29, 0.717) is 5.88 Å². The molecule has 0 radical (unpaired) electrons. The number of halogens is 1. The van der Waals surface area contributed by atoms with Gasteiger partial charge < -0.3 is 0 Å². The summed E-state index contributed by atoms with van der Waals surface area (Å²) in [4.78, 5) is 8.68. The van der Waals surface area contributed by atoms with E-state index in [1.165, 1.54) is 0 Å². The molecule has 14 heavy (non-hydrogen) atoms. The van der Waals surface area contributed by atoms with Gasteiger partial charge in [-0.15, -0.1) is 22.9 Å². The van der Waals surface area contributed by atoms with Gasteiger partial charge in [0.2, 0.25) is 0 Å². The summed E-state index contributed by atoms with van der Waals surface area (Å²) in [5.41, 5.74) is 1.86. The van der Waals surface area contributed by atoms with E-state index in [1.54, 1.807) is 17.5 Å². The molecule has 0 fully saturated rings. The van der Waals surface area contributed by atoms with Gasteiger partial charge in [0.1, 0.15) is 0 Å². The second kappa shape index (κ2) is 4.53. The monoisotopic (exact) mass is 224 g/mol. The molecular formula is C10H9ClN2S. The molecule has 0 atom stereocenters. The average molecular weight is 225 g/mol. The van der Waals surface area contributed by atoms with Crippen molar-refractivity contribution >= 4 is 22.9 Å². The van der Waals surface area contributed by atoms with Crippen molar-refractivity contribution < 1.29 is 0 Å². The van der Waals surface area contributed by atoms with Crippen LogP contribution in [0, 0.1) is 0 Å². The van der Waals surface area contributed by atoms with Gasteiger partial charge in [-0.3, -0.25) is 4.98 Å². The van der Waals surface area contributed by atoms with Crippen molar-refractivity contribution in [2.45, 2.75) is 6.42 Å². The Labute approximate surface area is 91.6 Å². The van der Waals surface area contributed by atoms with Crippen molar-refractivity contribution in [2.24, 2.45) is 0 Å². The summed E-state index contributed by atoms with van der Waals surface area (Å²) in [5.74, 6) is 0.620. The minimum Gasteiger partial charge on any atom is -0.255 e. The molecule has 0 saturated carbocycles. The lowest BCUT2D eigenvalue weighted by atomic mass is 10.3. The number of aryl methyl sites for hydroxylation is 1. The third kappa shape index (κ3) is 2.11. The lowest BCUT2D eigenvalue weighted by Gasteiger charge is -1.92. The predicted molar refractivity (Wildman–Crippen MR) is 59.8 cm³/mol. The molecule has 0 aliphatic heterocycles. The lowest BCUT2D eigenvalue weighted by Crippen LogP contribution is -1.86. The highest BCUT2D eigenvalue weighted by Gasteiger charge is 2.03. The molecule has 0 bridgehead atoms. The van der Waals surface area contributed by atoms with Crippen LogP contribution >= 0.6 is 22.9 Å². The Kier molecular flexibility index (Phi) is 3.11. The van der Waals surface area contributed by atoms with Gasteiger partial charge in [-0.05, 0) is 12.1 Å². The van der Waals surface area contributed by atoms with Crippen molar-refractivity contribution in [1.29, 1.82) is 0 Å². The zero-order valence-corrected chi connectivity index (χ0v) is 9.05. The Morgan fingerprint density at radius 2 is 2.21 bits per heavy atom. The van der Waals surface area contributed by atoms with E-state index in [4.69, 9.17) is 11.6 Å². The van der Waals surface area contributed by atoms with Crippen LogP contribution in [-0.2, 0) is 6.42 Å². The highest BCUT2D eigenvalue weighted by molar-refractivity contribution is 7.09. The molecule has 0 N–H and O–H groups in total. The number of alkyl halides is 1. The molecule has 0 aromatic carbocycles. The number of thiazole rings is 1. The number of rotatable bonds is 3. The largest absolute Gasteiger partial charge is 0.255 e. The molecule has 0 unspecified atom stereocenters. The number of hydrogen-bond donors (Lipinski definition) is 0. The molecule has 4 heteroatoms. The van der Waals surface area contributed by atoms with Crippen LogP contribution in [0.5, 0.6) is 0 Å². The fourth-order valence-electron chi connectivity index (χ4n) is 1.14. The molecule has 2 aromatic rings. The van der Waals surface area contributed by atoms with E-state index in [1.807, 2.05) is 23.6 Å². The summed E-state index contributed by atoms with van der Waals surface area (Å²) < 4.78 is 0. The van der Waals surface area contributed by atoms with Gasteiger partial charge in [-0.25, -0.2) is 4.98 Å². The Morgan fingerprint density at radius 1 is 1.29 bits per heavy atom. The first kappa shape index (κ1) is 9.62. The van der Waals surface area contributed by atoms with Crippen LogP contribution in [0.3, 0.4) is 0 Å². The Hall–Kier alpha value is -0.930. The molecule has 0 spiro atoms. The molecule has 2 nitrogen and oxygen atoms in total. The topological polar surface area (TPSA) is 25.8 Å². The Balaban J connectivity index is 2.25. The summed E-state index contributed by atoms with van der Waals surface area (Å²) in [6, 6.07) is 5.82. The van der Waals surface area contributed by atoms with Gasteiger partial charge in [0.05, 0.1) is 16.4 Å². The minimum atomic E-state index is 0.620. The van der Waals surface area contributed by atoms with Crippen molar-refractivity contribution in [1.82, 2.24) is 9.97 Å². The van der Waals surface area contributed by atoms with E-state index in [0.717, 1.165) is 22.8 Å². The fourth-order valence-corrected chi connectivity index (χ4v) is 2.22. The van der Waals surface area contributed by atoms with Gasteiger partial charge in [-0.1, -0.05) is 6.07 Å². The van der Waals surface area contributed by atoms with Gasteiger partial charge in [-0.2, -0.15) is 0 Å². The third-order valence-corrected chi connectivity index (χ3v) is 2.89. The maximum Gasteiger partial charge on any atom is 0.0998 e.